The molecule has 1 aliphatic heterocycles. The third-order valence-electron chi connectivity index (χ3n) is 4.18. The van der Waals surface area contributed by atoms with Crippen LogP contribution in [0.25, 0.3) is 0 Å². The van der Waals surface area contributed by atoms with E-state index in [1.807, 2.05) is 7.05 Å². The zero-order valence-corrected chi connectivity index (χ0v) is 14.4. The number of nitrogens with zero attached hydrogens (tertiary/aromatic N) is 2. The molecule has 24 heavy (non-hydrogen) atoms. The number of hydrogen-bond donors (Lipinski definition) is 1. The van der Waals surface area contributed by atoms with Crippen LogP contribution in [-0.4, -0.2) is 47.6 Å². The summed E-state index contributed by atoms with van der Waals surface area (Å²) in [5, 5.41) is 2.92. The van der Waals surface area contributed by atoms with Gasteiger partial charge in [0.05, 0.1) is 11.1 Å². The highest BCUT2D eigenvalue weighted by molar-refractivity contribution is 5.77. The highest BCUT2D eigenvalue weighted by Crippen LogP contribution is 2.27. The van der Waals surface area contributed by atoms with Crippen molar-refractivity contribution in [2.75, 3.05) is 20.2 Å². The van der Waals surface area contributed by atoms with Crippen molar-refractivity contribution in [1.82, 2.24) is 15.2 Å². The molecule has 1 fully saturated rings. The molecule has 1 saturated heterocycles. The highest BCUT2D eigenvalue weighted by atomic mass is 19.3. The van der Waals surface area contributed by atoms with Gasteiger partial charge in [0.1, 0.15) is 6.61 Å². The van der Waals surface area contributed by atoms with Gasteiger partial charge < -0.3 is 15.0 Å². The quantitative estimate of drug-likeness (QED) is 0.829. The lowest BCUT2D eigenvalue weighted by molar-refractivity contribution is -0.124. The molecule has 0 bridgehead atoms. The molecule has 0 spiro atoms. The van der Waals surface area contributed by atoms with Crippen LogP contribution in [0.1, 0.15) is 45.1 Å². The average molecular weight is 341 g/mol. The van der Waals surface area contributed by atoms with Crippen molar-refractivity contribution in [2.45, 2.75) is 51.1 Å². The summed E-state index contributed by atoms with van der Waals surface area (Å²) in [6.07, 6.45) is 1.32. The molecule has 7 heteroatoms. The largest absolute Gasteiger partial charge is 0.475 e. The van der Waals surface area contributed by atoms with E-state index in [1.54, 1.807) is 13.8 Å². The predicted octanol–water partition coefficient (Wildman–Crippen LogP) is 2.78. The second-order valence-electron chi connectivity index (χ2n) is 6.90. The van der Waals surface area contributed by atoms with Crippen molar-refractivity contribution >= 4 is 5.91 Å². The van der Waals surface area contributed by atoms with E-state index in [4.69, 9.17) is 4.74 Å². The van der Waals surface area contributed by atoms with Gasteiger partial charge in [-0.1, -0.05) is 0 Å². The minimum absolute atomic E-state index is 0.0579. The Hall–Kier alpha value is -1.76. The van der Waals surface area contributed by atoms with Crippen molar-refractivity contribution in [1.29, 1.82) is 0 Å². The van der Waals surface area contributed by atoms with E-state index >= 15 is 0 Å². The zero-order chi connectivity index (χ0) is 17.7. The number of hydrogen-bond acceptors (Lipinski definition) is 4. The van der Waals surface area contributed by atoms with E-state index in [2.05, 4.69) is 15.2 Å². The lowest BCUT2D eigenvalue weighted by Gasteiger charge is -2.28. The number of aromatic nitrogens is 1. The Morgan fingerprint density at radius 1 is 1.54 bits per heavy atom. The summed E-state index contributed by atoms with van der Waals surface area (Å²) in [6.45, 7) is 4.68. The standard InChI is InChI=1S/C17H25F2N3O2/c1-17(2,21-14(23)10-12-6-5-9-22(12)3)11-24-16-13(15(18)19)7-4-8-20-16/h4,7-8,12,15H,5-6,9-11H2,1-3H3,(H,21,23). The van der Waals surface area contributed by atoms with Gasteiger partial charge in [0, 0.05) is 18.7 Å². The fraction of sp³-hybridized carbons (Fsp3) is 0.647. The minimum atomic E-state index is -2.65. The Labute approximate surface area is 141 Å². The van der Waals surface area contributed by atoms with Crippen LogP contribution >= 0.6 is 0 Å². The minimum Gasteiger partial charge on any atom is -0.475 e. The topological polar surface area (TPSA) is 54.5 Å². The summed E-state index contributed by atoms with van der Waals surface area (Å²) in [7, 11) is 2.02. The molecule has 1 N–H and O–H groups in total. The van der Waals surface area contributed by atoms with Crippen LogP contribution in [0.5, 0.6) is 5.88 Å². The molecule has 5 nitrogen and oxygen atoms in total. The lowest BCUT2D eigenvalue weighted by Crippen LogP contribution is -2.49. The number of alkyl halides is 2. The molecular formula is C17H25F2N3O2. The van der Waals surface area contributed by atoms with Crippen LogP contribution in [-0.2, 0) is 4.79 Å². The molecule has 1 unspecified atom stereocenters. The Morgan fingerprint density at radius 2 is 2.29 bits per heavy atom. The highest BCUT2D eigenvalue weighted by Gasteiger charge is 2.27. The number of nitrogens with one attached hydrogen (secondary N) is 1. The first kappa shape index (κ1) is 18.6. The number of halogens is 2. The van der Waals surface area contributed by atoms with Crippen LogP contribution in [0.3, 0.4) is 0 Å². The second kappa shape index (κ2) is 7.88. The normalized spacial score (nSPS) is 18.8. The molecule has 1 amide bonds. The number of pyridine rings is 1. The van der Waals surface area contributed by atoms with E-state index < -0.39 is 12.0 Å². The van der Waals surface area contributed by atoms with E-state index in [0.717, 1.165) is 19.4 Å². The van der Waals surface area contributed by atoms with E-state index in [9.17, 15) is 13.6 Å². The third-order valence-corrected chi connectivity index (χ3v) is 4.18. The van der Waals surface area contributed by atoms with Crippen LogP contribution in [0, 0.1) is 0 Å². The Bertz CT molecular complexity index is 567. The summed E-state index contributed by atoms with van der Waals surface area (Å²) < 4.78 is 31.3. The van der Waals surface area contributed by atoms with Crippen LogP contribution < -0.4 is 10.1 Å². The number of ether oxygens (including phenoxy) is 1. The van der Waals surface area contributed by atoms with Gasteiger partial charge in [0.25, 0.3) is 6.43 Å². The summed E-state index contributed by atoms with van der Waals surface area (Å²) >= 11 is 0. The van der Waals surface area contributed by atoms with Crippen molar-refractivity contribution in [3.05, 3.63) is 23.9 Å². The van der Waals surface area contributed by atoms with Gasteiger partial charge in [-0.15, -0.1) is 0 Å². The van der Waals surface area contributed by atoms with Crippen molar-refractivity contribution in [3.8, 4) is 5.88 Å². The molecule has 2 heterocycles. The van der Waals surface area contributed by atoms with E-state index in [-0.39, 0.29) is 30.0 Å². The van der Waals surface area contributed by atoms with Gasteiger partial charge in [0.15, 0.2) is 0 Å². The molecule has 0 aromatic carbocycles. The van der Waals surface area contributed by atoms with Gasteiger partial charge in [-0.3, -0.25) is 4.79 Å². The van der Waals surface area contributed by atoms with Gasteiger partial charge in [0.2, 0.25) is 11.8 Å². The van der Waals surface area contributed by atoms with Crippen molar-refractivity contribution < 1.29 is 18.3 Å². The SMILES string of the molecule is CN1CCCC1CC(=O)NC(C)(C)COc1ncccc1C(F)F. The molecular weight excluding hydrogens is 316 g/mol. The lowest BCUT2D eigenvalue weighted by atomic mass is 10.1. The summed E-state index contributed by atoms with van der Waals surface area (Å²) in [6, 6.07) is 3.00. The van der Waals surface area contributed by atoms with Crippen molar-refractivity contribution in [3.63, 3.8) is 0 Å². The molecule has 2 rings (SSSR count). The number of carbonyl (C=O) groups is 1. The average Bonchev–Trinajstić information content (AvgIpc) is 2.90. The fourth-order valence-electron chi connectivity index (χ4n) is 2.85. The first-order chi connectivity index (χ1) is 11.3. The summed E-state index contributed by atoms with van der Waals surface area (Å²) in [5.41, 5.74) is -0.919. The number of rotatable bonds is 7. The monoisotopic (exact) mass is 341 g/mol. The van der Waals surface area contributed by atoms with Crippen LogP contribution in [0.15, 0.2) is 18.3 Å². The molecule has 0 radical (unpaired) electrons. The zero-order valence-electron chi connectivity index (χ0n) is 14.4. The Morgan fingerprint density at radius 3 is 2.92 bits per heavy atom. The maximum Gasteiger partial charge on any atom is 0.269 e. The van der Waals surface area contributed by atoms with Gasteiger partial charge in [-0.05, 0) is 52.4 Å². The number of likely N-dealkylation sites (tertiary alicyclic amines) is 1. The molecule has 1 aliphatic rings. The van der Waals surface area contributed by atoms with Gasteiger partial charge in [-0.25, -0.2) is 13.8 Å². The molecule has 1 aromatic heterocycles. The van der Waals surface area contributed by atoms with Gasteiger partial charge in [-0.2, -0.15) is 0 Å². The van der Waals surface area contributed by atoms with E-state index in [1.165, 1.54) is 18.3 Å². The Balaban J connectivity index is 1.88. The van der Waals surface area contributed by atoms with Crippen LogP contribution in [0.2, 0.25) is 0 Å². The maximum absolute atomic E-state index is 12.9. The molecule has 1 aromatic rings. The molecule has 1 atom stereocenters. The van der Waals surface area contributed by atoms with Gasteiger partial charge >= 0.3 is 0 Å². The predicted molar refractivity (Wildman–Crippen MR) is 87.2 cm³/mol. The smallest absolute Gasteiger partial charge is 0.269 e. The fourth-order valence-corrected chi connectivity index (χ4v) is 2.85. The number of amides is 1. The molecule has 0 aliphatic carbocycles. The molecule has 134 valence electrons. The summed E-state index contributed by atoms with van der Waals surface area (Å²) in [5.74, 6) is -0.150. The number of carbonyl (C=O) groups excluding carboxylic acids is 1. The second-order valence-corrected chi connectivity index (χ2v) is 6.90. The third kappa shape index (κ3) is 5.12. The van der Waals surface area contributed by atoms with Crippen LogP contribution in [0.4, 0.5) is 8.78 Å². The first-order valence-corrected chi connectivity index (χ1v) is 8.15. The maximum atomic E-state index is 12.9. The van der Waals surface area contributed by atoms with Crippen molar-refractivity contribution in [2.24, 2.45) is 0 Å². The van der Waals surface area contributed by atoms with E-state index in [0.29, 0.717) is 6.42 Å². The Kier molecular flexibility index (Phi) is 6.10. The molecule has 0 saturated carbocycles. The summed E-state index contributed by atoms with van der Waals surface area (Å²) in [4.78, 5) is 18.3. The first-order valence-electron chi connectivity index (χ1n) is 8.15.